The van der Waals surface area contributed by atoms with Crippen LogP contribution >= 0.6 is 11.6 Å². The highest BCUT2D eigenvalue weighted by Gasteiger charge is 2.12. The second-order valence-electron chi connectivity index (χ2n) is 5.65. The van der Waals surface area contributed by atoms with Crippen LogP contribution in [0.25, 0.3) is 0 Å². The predicted octanol–water partition coefficient (Wildman–Crippen LogP) is 2.53. The second-order valence-corrected chi connectivity index (χ2v) is 6.09. The average Bonchev–Trinajstić information content (AvgIpc) is 2.69. The van der Waals surface area contributed by atoms with Gasteiger partial charge in [-0.1, -0.05) is 29.8 Å². The molecule has 0 fully saturated rings. The van der Waals surface area contributed by atoms with E-state index in [1.165, 1.54) is 18.2 Å². The van der Waals surface area contributed by atoms with Crippen LogP contribution in [0.15, 0.2) is 48.5 Å². The first-order chi connectivity index (χ1) is 13.8. The normalized spacial score (nSPS) is 10.3. The molecule has 0 saturated carbocycles. The zero-order valence-electron chi connectivity index (χ0n) is 15.0. The summed E-state index contributed by atoms with van der Waals surface area (Å²) >= 11 is 5.77. The van der Waals surface area contributed by atoms with E-state index < -0.39 is 37.5 Å². The van der Waals surface area contributed by atoms with E-state index in [1.54, 1.807) is 24.3 Å². The molecule has 7 nitrogen and oxygen atoms in total. The maximum atomic E-state index is 12.2. The Bertz CT molecular complexity index is 862. The number of benzene rings is 2. The first-order valence-corrected chi connectivity index (χ1v) is 8.71. The third kappa shape index (κ3) is 8.14. The molecule has 0 saturated heterocycles. The summed E-state index contributed by atoms with van der Waals surface area (Å²) in [5.74, 6) is -2.22. The van der Waals surface area contributed by atoms with Gasteiger partial charge in [-0.2, -0.15) is 8.78 Å². The van der Waals surface area contributed by atoms with Crippen LogP contribution in [0.5, 0.6) is 5.75 Å². The Morgan fingerprint density at radius 3 is 2.45 bits per heavy atom. The molecule has 10 heteroatoms. The molecule has 0 unspecified atom stereocenters. The van der Waals surface area contributed by atoms with E-state index in [9.17, 15) is 23.2 Å². The minimum Gasteiger partial charge on any atom is -0.454 e. The molecule has 0 atom stereocenters. The van der Waals surface area contributed by atoms with Crippen molar-refractivity contribution < 1.29 is 32.6 Å². The molecule has 0 aliphatic heterocycles. The van der Waals surface area contributed by atoms with Crippen molar-refractivity contribution in [1.82, 2.24) is 10.6 Å². The molecule has 2 aromatic carbocycles. The SMILES string of the molecule is O=C(COC(=O)CNC(=O)c1cccc(OC(F)F)c1)NCc1ccc(Cl)cc1. The third-order valence-electron chi connectivity index (χ3n) is 3.48. The van der Waals surface area contributed by atoms with E-state index in [0.29, 0.717) is 5.02 Å². The number of carbonyl (C=O) groups excluding carboxylic acids is 3. The Morgan fingerprint density at radius 1 is 1.03 bits per heavy atom. The van der Waals surface area contributed by atoms with Gasteiger partial charge in [0.2, 0.25) is 0 Å². The van der Waals surface area contributed by atoms with Gasteiger partial charge in [0.15, 0.2) is 6.61 Å². The number of carbonyl (C=O) groups is 3. The Balaban J connectivity index is 1.70. The fraction of sp³-hybridized carbons (Fsp3) is 0.211. The van der Waals surface area contributed by atoms with Crippen molar-refractivity contribution in [2.75, 3.05) is 13.2 Å². The van der Waals surface area contributed by atoms with Crippen LogP contribution in [-0.4, -0.2) is 37.5 Å². The Labute approximate surface area is 169 Å². The fourth-order valence-electron chi connectivity index (χ4n) is 2.12. The van der Waals surface area contributed by atoms with Crippen LogP contribution in [-0.2, 0) is 20.9 Å². The average molecular weight is 427 g/mol. The molecule has 29 heavy (non-hydrogen) atoms. The Hall–Kier alpha value is -3.20. The van der Waals surface area contributed by atoms with Gasteiger partial charge in [-0.25, -0.2) is 0 Å². The number of halogens is 3. The lowest BCUT2D eigenvalue weighted by Crippen LogP contribution is -2.33. The van der Waals surface area contributed by atoms with Crippen molar-refractivity contribution >= 4 is 29.4 Å². The van der Waals surface area contributed by atoms with E-state index in [-0.39, 0.29) is 17.9 Å². The van der Waals surface area contributed by atoms with Crippen molar-refractivity contribution in [3.8, 4) is 5.75 Å². The molecule has 0 aliphatic carbocycles. The smallest absolute Gasteiger partial charge is 0.387 e. The summed E-state index contributed by atoms with van der Waals surface area (Å²) in [6, 6.07) is 11.9. The van der Waals surface area contributed by atoms with Gasteiger partial charge >= 0.3 is 12.6 Å². The molecule has 2 rings (SSSR count). The largest absolute Gasteiger partial charge is 0.454 e. The van der Waals surface area contributed by atoms with Gasteiger partial charge in [0.1, 0.15) is 12.3 Å². The monoisotopic (exact) mass is 426 g/mol. The number of amides is 2. The molecule has 2 amide bonds. The summed E-state index contributed by atoms with van der Waals surface area (Å²) in [5.41, 5.74) is 0.844. The lowest BCUT2D eigenvalue weighted by molar-refractivity contribution is -0.147. The molecule has 0 heterocycles. The number of hydrogen-bond donors (Lipinski definition) is 2. The van der Waals surface area contributed by atoms with Gasteiger partial charge < -0.3 is 20.1 Å². The molecule has 154 valence electrons. The lowest BCUT2D eigenvalue weighted by atomic mass is 10.2. The van der Waals surface area contributed by atoms with Crippen molar-refractivity contribution in [3.63, 3.8) is 0 Å². The first kappa shape index (κ1) is 22.1. The van der Waals surface area contributed by atoms with Crippen molar-refractivity contribution in [1.29, 1.82) is 0 Å². The highest BCUT2D eigenvalue weighted by atomic mass is 35.5. The van der Waals surface area contributed by atoms with Gasteiger partial charge in [0, 0.05) is 17.1 Å². The molecule has 0 aliphatic rings. The summed E-state index contributed by atoms with van der Waals surface area (Å²) in [4.78, 5) is 35.3. The summed E-state index contributed by atoms with van der Waals surface area (Å²) in [7, 11) is 0. The maximum absolute atomic E-state index is 12.2. The minimum atomic E-state index is -3.02. The minimum absolute atomic E-state index is 0.0247. The summed E-state index contributed by atoms with van der Waals surface area (Å²) < 4.78 is 33.4. The number of rotatable bonds is 9. The highest BCUT2D eigenvalue weighted by Crippen LogP contribution is 2.15. The third-order valence-corrected chi connectivity index (χ3v) is 3.73. The predicted molar refractivity (Wildman–Crippen MR) is 99.7 cm³/mol. The zero-order chi connectivity index (χ0) is 21.2. The lowest BCUT2D eigenvalue weighted by Gasteiger charge is -2.09. The standard InChI is InChI=1S/C19H17ClF2N2O5/c20-14-6-4-12(5-7-14)9-23-16(25)11-28-17(26)10-24-18(27)13-2-1-3-15(8-13)29-19(21)22/h1-8,19H,9-11H2,(H,23,25)(H,24,27). The molecule has 0 aromatic heterocycles. The molecular formula is C19H17ClF2N2O5. The van der Waals surface area contributed by atoms with E-state index >= 15 is 0 Å². The Morgan fingerprint density at radius 2 is 1.76 bits per heavy atom. The quantitative estimate of drug-likeness (QED) is 0.601. The van der Waals surface area contributed by atoms with Gasteiger partial charge in [-0.15, -0.1) is 0 Å². The van der Waals surface area contributed by atoms with Crippen molar-refractivity contribution in [2.24, 2.45) is 0 Å². The number of hydrogen-bond acceptors (Lipinski definition) is 5. The summed E-state index contributed by atoms with van der Waals surface area (Å²) in [6.45, 7) is -3.79. The van der Waals surface area contributed by atoms with Gasteiger partial charge in [-0.05, 0) is 35.9 Å². The van der Waals surface area contributed by atoms with Crippen LogP contribution < -0.4 is 15.4 Å². The van der Waals surface area contributed by atoms with Crippen molar-refractivity contribution in [2.45, 2.75) is 13.2 Å². The van der Waals surface area contributed by atoms with Crippen LogP contribution in [0.2, 0.25) is 5.02 Å². The first-order valence-electron chi connectivity index (χ1n) is 8.33. The van der Waals surface area contributed by atoms with E-state index in [4.69, 9.17) is 16.3 Å². The summed E-state index contributed by atoms with van der Waals surface area (Å²) in [5, 5.41) is 5.40. The number of esters is 1. The number of alkyl halides is 2. The van der Waals surface area contributed by atoms with Crippen LogP contribution in [0.1, 0.15) is 15.9 Å². The fourth-order valence-corrected chi connectivity index (χ4v) is 2.25. The van der Waals surface area contributed by atoms with Gasteiger partial charge in [-0.3, -0.25) is 14.4 Å². The summed E-state index contributed by atoms with van der Waals surface area (Å²) in [6.07, 6.45) is 0. The molecule has 2 aromatic rings. The van der Waals surface area contributed by atoms with E-state index in [1.807, 2.05) is 0 Å². The topological polar surface area (TPSA) is 93.7 Å². The highest BCUT2D eigenvalue weighted by molar-refractivity contribution is 6.30. The molecule has 2 N–H and O–H groups in total. The number of ether oxygens (including phenoxy) is 2. The van der Waals surface area contributed by atoms with E-state index in [0.717, 1.165) is 11.6 Å². The maximum Gasteiger partial charge on any atom is 0.387 e. The molecule has 0 spiro atoms. The molecular weight excluding hydrogens is 410 g/mol. The zero-order valence-corrected chi connectivity index (χ0v) is 15.7. The Kier molecular flexibility index (Phi) is 8.35. The van der Waals surface area contributed by atoms with Crippen LogP contribution in [0.4, 0.5) is 8.78 Å². The molecule has 0 radical (unpaired) electrons. The van der Waals surface area contributed by atoms with E-state index in [2.05, 4.69) is 15.4 Å². The van der Waals surface area contributed by atoms with Crippen LogP contribution in [0.3, 0.4) is 0 Å². The second kappa shape index (κ2) is 11.0. The number of nitrogens with one attached hydrogen (secondary N) is 2. The molecule has 0 bridgehead atoms. The van der Waals surface area contributed by atoms with Crippen LogP contribution in [0, 0.1) is 0 Å². The van der Waals surface area contributed by atoms with Gasteiger partial charge in [0.05, 0.1) is 0 Å². The van der Waals surface area contributed by atoms with Gasteiger partial charge in [0.25, 0.3) is 11.8 Å². The van der Waals surface area contributed by atoms with Crippen molar-refractivity contribution in [3.05, 3.63) is 64.7 Å².